The highest BCUT2D eigenvalue weighted by atomic mass is 16.6. The van der Waals surface area contributed by atoms with Gasteiger partial charge in [-0.3, -0.25) is 19.2 Å². The lowest BCUT2D eigenvalue weighted by Crippen LogP contribution is -2.42. The monoisotopic (exact) mass is 996 g/mol. The predicted molar refractivity (Wildman–Crippen MR) is 275 cm³/mol. The van der Waals surface area contributed by atoms with Gasteiger partial charge in [0, 0.05) is 69.2 Å². The van der Waals surface area contributed by atoms with Crippen molar-refractivity contribution >= 4 is 34.6 Å². The maximum absolute atomic E-state index is 12.4. The first-order valence-corrected chi connectivity index (χ1v) is 26.2. The van der Waals surface area contributed by atoms with E-state index in [2.05, 4.69) is 58.7 Å². The van der Waals surface area contributed by atoms with Crippen molar-refractivity contribution in [1.82, 2.24) is 5.32 Å². The predicted octanol–water partition coefficient (Wildman–Crippen LogP) is 7.08. The molecule has 5 unspecified atom stereocenters. The first-order chi connectivity index (χ1) is 35.1. The molecule has 0 aromatic heterocycles. The number of benzene rings is 2. The van der Waals surface area contributed by atoms with Crippen LogP contribution in [0.25, 0.3) is 0 Å². The highest BCUT2D eigenvalue weighted by molar-refractivity contribution is 6.10. The average Bonchev–Trinajstić information content (AvgIpc) is 3.88. The van der Waals surface area contributed by atoms with Crippen LogP contribution in [-0.4, -0.2) is 154 Å². The van der Waals surface area contributed by atoms with Gasteiger partial charge in [-0.15, -0.1) is 5.92 Å². The number of fused-ring (bicyclic) bond motifs is 3. The van der Waals surface area contributed by atoms with E-state index in [1.54, 1.807) is 23.8 Å². The SMILES string of the molecule is CC#CC12CCC3C4CCC5=CC(=O)CCC5=C4C(c4ccc(N(C)CCOCCOCCOCCOCC(=O)NCCCOCCOCCOCCCNc5cccc(C(C)=O)c5C(C)=O)cc4)CC31O2. The fourth-order valence-corrected chi connectivity index (χ4v) is 11.3. The number of epoxide rings is 1. The lowest BCUT2D eigenvalue weighted by Gasteiger charge is -2.46. The summed E-state index contributed by atoms with van der Waals surface area (Å²) in [4.78, 5) is 50.7. The highest BCUT2D eigenvalue weighted by Gasteiger charge is 2.79. The van der Waals surface area contributed by atoms with Crippen LogP contribution in [0.5, 0.6) is 0 Å². The number of likely N-dealkylation sites (N-methyl/N-ethyl adjacent to an activating group) is 1. The zero-order valence-corrected chi connectivity index (χ0v) is 43.1. The smallest absolute Gasteiger partial charge is 0.246 e. The second-order valence-corrected chi connectivity index (χ2v) is 19.4. The lowest BCUT2D eigenvalue weighted by molar-refractivity contribution is -0.126. The van der Waals surface area contributed by atoms with Gasteiger partial charge in [0.05, 0.1) is 78.2 Å². The number of Topliss-reactive ketones (excluding diaryl/α,β-unsaturated/α-hetero) is 2. The van der Waals surface area contributed by atoms with Crippen molar-refractivity contribution in [3.05, 3.63) is 82.0 Å². The number of ketones is 3. The van der Waals surface area contributed by atoms with Gasteiger partial charge in [0.25, 0.3) is 0 Å². The third-order valence-corrected chi connectivity index (χ3v) is 14.7. The van der Waals surface area contributed by atoms with Gasteiger partial charge in [-0.05, 0) is 125 Å². The molecule has 2 N–H and O–H groups in total. The molecule has 72 heavy (non-hydrogen) atoms. The normalized spacial score (nSPS) is 22.7. The van der Waals surface area contributed by atoms with E-state index in [1.807, 2.05) is 13.0 Å². The number of rotatable bonds is 33. The van der Waals surface area contributed by atoms with Gasteiger partial charge in [-0.25, -0.2) is 0 Å². The first kappa shape index (κ1) is 55.0. The summed E-state index contributed by atoms with van der Waals surface area (Å²) in [5, 5.41) is 6.06. The van der Waals surface area contributed by atoms with Gasteiger partial charge >= 0.3 is 0 Å². The molecule has 2 saturated carbocycles. The summed E-state index contributed by atoms with van der Waals surface area (Å²) in [5.74, 6) is 7.77. The highest BCUT2D eigenvalue weighted by Crippen LogP contribution is 2.73. The molecule has 15 nitrogen and oxygen atoms in total. The van der Waals surface area contributed by atoms with Crippen molar-refractivity contribution in [2.24, 2.45) is 11.8 Å². The molecule has 3 fully saturated rings. The Balaban J connectivity index is 0.642. The van der Waals surface area contributed by atoms with Gasteiger partial charge in [0.2, 0.25) is 5.91 Å². The molecule has 1 amide bonds. The quantitative estimate of drug-likeness (QED) is 0.0322. The lowest BCUT2D eigenvalue weighted by atomic mass is 9.57. The van der Waals surface area contributed by atoms with Gasteiger partial charge in [-0.1, -0.05) is 35.8 Å². The molecule has 15 heteroatoms. The Morgan fingerprint density at radius 3 is 2.04 bits per heavy atom. The zero-order chi connectivity index (χ0) is 50.8. The summed E-state index contributed by atoms with van der Waals surface area (Å²) in [7, 11) is 2.09. The minimum Gasteiger partial charge on any atom is -0.384 e. The number of allylic oxidation sites excluding steroid dienone is 4. The molecule has 2 aromatic rings. The van der Waals surface area contributed by atoms with Gasteiger partial charge in [-0.2, -0.15) is 0 Å². The van der Waals surface area contributed by atoms with Crippen molar-refractivity contribution in [2.75, 3.05) is 129 Å². The largest absolute Gasteiger partial charge is 0.384 e. The molecule has 1 spiro atoms. The Hall–Kier alpha value is -4.76. The number of carbonyl (C=O) groups is 4. The van der Waals surface area contributed by atoms with Crippen LogP contribution in [0, 0.1) is 23.7 Å². The number of nitrogens with zero attached hydrogens (tertiary/aromatic N) is 1. The Morgan fingerprint density at radius 1 is 0.750 bits per heavy atom. The fraction of sp³-hybridized carbons (Fsp3) is 0.614. The maximum Gasteiger partial charge on any atom is 0.246 e. The van der Waals surface area contributed by atoms with Crippen molar-refractivity contribution in [2.45, 2.75) is 95.7 Å². The molecule has 7 rings (SSSR count). The van der Waals surface area contributed by atoms with Crippen molar-refractivity contribution in [1.29, 1.82) is 0 Å². The Morgan fingerprint density at radius 2 is 1.39 bits per heavy atom. The summed E-state index contributed by atoms with van der Waals surface area (Å²) >= 11 is 0. The molecular formula is C57H77N3O12. The van der Waals surface area contributed by atoms with E-state index in [1.165, 1.54) is 37.0 Å². The van der Waals surface area contributed by atoms with Crippen LogP contribution in [0.3, 0.4) is 0 Å². The number of amides is 1. The second-order valence-electron chi connectivity index (χ2n) is 19.4. The molecule has 5 aliphatic rings. The van der Waals surface area contributed by atoms with E-state index in [0.717, 1.165) is 50.8 Å². The van der Waals surface area contributed by atoms with Gasteiger partial charge in [0.1, 0.15) is 12.2 Å². The number of ether oxygens (including phenoxy) is 8. The maximum atomic E-state index is 12.4. The molecule has 5 atom stereocenters. The third kappa shape index (κ3) is 14.3. The van der Waals surface area contributed by atoms with Crippen molar-refractivity contribution < 1.29 is 57.1 Å². The van der Waals surface area contributed by atoms with Crippen LogP contribution < -0.4 is 15.5 Å². The number of hydrogen-bond acceptors (Lipinski definition) is 14. The fourth-order valence-electron chi connectivity index (χ4n) is 11.3. The summed E-state index contributed by atoms with van der Waals surface area (Å²) in [6, 6.07) is 14.3. The average molecular weight is 996 g/mol. The van der Waals surface area contributed by atoms with E-state index in [-0.39, 0.29) is 47.0 Å². The van der Waals surface area contributed by atoms with Crippen LogP contribution in [-0.2, 0) is 47.5 Å². The van der Waals surface area contributed by atoms with Crippen LogP contribution in [0.2, 0.25) is 0 Å². The summed E-state index contributed by atoms with van der Waals surface area (Å²) in [6.45, 7) is 12.6. The molecule has 2 aromatic carbocycles. The molecular weight excluding hydrogens is 919 g/mol. The van der Waals surface area contributed by atoms with E-state index >= 15 is 0 Å². The second kappa shape index (κ2) is 27.5. The molecule has 1 heterocycles. The van der Waals surface area contributed by atoms with Crippen molar-refractivity contribution in [3.8, 4) is 11.8 Å². The third-order valence-electron chi connectivity index (χ3n) is 14.7. The standard InChI is InChI=1S/C57H77N3O12/c1-5-20-56-21-19-51-49-17-13-44-38-46(63)16-18-48(44)55(49)50(39-57(51,56)72-56)43-11-14-45(15-12-43)60(4)24-27-67-30-33-69-34-35-70-36-37-71-40-53(64)59-23-8-26-66-29-32-68-31-28-65-25-7-22-58-52-10-6-9-47(41(2)61)54(52)42(3)62/h6,9-12,14-15,38,49-51,58H,7-8,13,16-19,21-37,39-40H2,1-4H3,(H,59,64). The van der Waals surface area contributed by atoms with E-state index in [0.29, 0.717) is 140 Å². The number of anilines is 2. The number of hydrogen-bond donors (Lipinski definition) is 2. The van der Waals surface area contributed by atoms with Crippen LogP contribution in [0.15, 0.2) is 65.3 Å². The molecule has 4 aliphatic carbocycles. The molecule has 0 radical (unpaired) electrons. The van der Waals surface area contributed by atoms with Crippen molar-refractivity contribution in [3.63, 3.8) is 0 Å². The Bertz CT molecular complexity index is 2290. The van der Waals surface area contributed by atoms with E-state index in [9.17, 15) is 19.2 Å². The first-order valence-electron chi connectivity index (χ1n) is 26.2. The van der Waals surface area contributed by atoms with Gasteiger partial charge < -0.3 is 53.4 Å². The number of carbonyl (C=O) groups excluding carboxylic acids is 4. The minimum absolute atomic E-state index is 0.0306. The minimum atomic E-state index is -0.280. The molecule has 1 saturated heterocycles. The summed E-state index contributed by atoms with van der Waals surface area (Å²) in [6.07, 6.45) is 10.1. The van der Waals surface area contributed by atoms with Crippen LogP contribution >= 0.6 is 0 Å². The number of nitrogens with one attached hydrogen (secondary N) is 2. The molecule has 0 bridgehead atoms. The van der Waals surface area contributed by atoms with E-state index in [4.69, 9.17) is 37.9 Å². The summed E-state index contributed by atoms with van der Waals surface area (Å²) in [5.41, 5.74) is 7.88. The topological polar surface area (TPSA) is 173 Å². The Labute approximate surface area is 426 Å². The Kier molecular flexibility index (Phi) is 21.0. The zero-order valence-electron chi connectivity index (χ0n) is 43.1. The van der Waals surface area contributed by atoms with Gasteiger partial charge in [0.15, 0.2) is 23.0 Å². The molecule has 392 valence electrons. The summed E-state index contributed by atoms with van der Waals surface area (Å²) < 4.78 is 46.0. The van der Waals surface area contributed by atoms with Crippen LogP contribution in [0.1, 0.15) is 111 Å². The van der Waals surface area contributed by atoms with Crippen LogP contribution in [0.4, 0.5) is 11.4 Å². The van der Waals surface area contributed by atoms with E-state index < -0.39 is 0 Å². The molecule has 1 aliphatic heterocycles.